The van der Waals surface area contributed by atoms with Crippen molar-refractivity contribution in [2.45, 2.75) is 84.6 Å². The molecule has 1 heterocycles. The van der Waals surface area contributed by atoms with Gasteiger partial charge in [-0.05, 0) is 17.9 Å². The number of hydrogen-bond acceptors (Lipinski definition) is 4. The first-order valence-electron chi connectivity index (χ1n) is 10.6. The van der Waals surface area contributed by atoms with Crippen LogP contribution < -0.4 is 0 Å². The fourth-order valence-corrected chi connectivity index (χ4v) is 4.26. The minimum Gasteiger partial charge on any atom is -0.444 e. The molecule has 0 N–H and O–H groups in total. The smallest absolute Gasteiger partial charge is 0.413 e. The first-order valence-corrected chi connectivity index (χ1v) is 10.6. The molecule has 154 valence electrons. The molecule has 1 aliphatic carbocycles. The summed E-state index contributed by atoms with van der Waals surface area (Å²) >= 11 is 0. The molecule has 0 unspecified atom stereocenters. The maximum absolute atomic E-state index is 13.0. The van der Waals surface area contributed by atoms with Gasteiger partial charge in [-0.2, -0.15) is 0 Å². The lowest BCUT2D eigenvalue weighted by Gasteiger charge is -2.34. The van der Waals surface area contributed by atoms with E-state index in [1.807, 2.05) is 51.1 Å². The van der Waals surface area contributed by atoms with E-state index in [0.29, 0.717) is 12.3 Å². The zero-order valence-corrected chi connectivity index (χ0v) is 17.4. The SMILES string of the molecule is CC(C)(C)[C@@H]1OC(=O)[C@H](CC2CCCCCC2)N1C(=O)OCc1ccccc1. The van der Waals surface area contributed by atoms with E-state index in [4.69, 9.17) is 9.47 Å². The summed E-state index contributed by atoms with van der Waals surface area (Å²) in [7, 11) is 0. The van der Waals surface area contributed by atoms with E-state index in [1.54, 1.807) is 4.90 Å². The Balaban J connectivity index is 1.74. The van der Waals surface area contributed by atoms with Crippen LogP contribution in [0.4, 0.5) is 4.79 Å². The molecule has 1 aromatic rings. The molecule has 2 atom stereocenters. The van der Waals surface area contributed by atoms with E-state index >= 15 is 0 Å². The number of nitrogens with zero attached hydrogens (tertiary/aromatic N) is 1. The molecule has 1 amide bonds. The summed E-state index contributed by atoms with van der Waals surface area (Å²) < 4.78 is 11.3. The van der Waals surface area contributed by atoms with Crippen LogP contribution in [0, 0.1) is 11.3 Å². The second-order valence-electron chi connectivity index (χ2n) is 9.21. The standard InChI is InChI=1S/C23H33NO4/c1-23(2,3)21-24(22(26)27-16-18-13-9-6-10-14-18)19(20(25)28-21)15-17-11-7-4-5-8-12-17/h6,9-10,13-14,17,19,21H,4-5,7-8,11-12,15-16H2,1-3H3/t19-,21-/m0/s1. The van der Waals surface area contributed by atoms with Crippen LogP contribution in [0.1, 0.15) is 71.3 Å². The Hall–Kier alpha value is -2.04. The fourth-order valence-electron chi connectivity index (χ4n) is 4.26. The Labute approximate surface area is 168 Å². The molecule has 28 heavy (non-hydrogen) atoms. The van der Waals surface area contributed by atoms with Gasteiger partial charge in [0.15, 0.2) is 6.23 Å². The molecule has 5 heteroatoms. The molecular formula is C23H33NO4. The van der Waals surface area contributed by atoms with Gasteiger partial charge in [-0.3, -0.25) is 4.90 Å². The quantitative estimate of drug-likeness (QED) is 0.521. The molecule has 0 radical (unpaired) electrons. The van der Waals surface area contributed by atoms with Crippen molar-refractivity contribution in [2.24, 2.45) is 11.3 Å². The Morgan fingerprint density at radius 1 is 1.11 bits per heavy atom. The molecule has 0 bridgehead atoms. The van der Waals surface area contributed by atoms with Gasteiger partial charge in [-0.25, -0.2) is 9.59 Å². The van der Waals surface area contributed by atoms with Crippen LogP contribution in [0.5, 0.6) is 0 Å². The van der Waals surface area contributed by atoms with Gasteiger partial charge in [0.1, 0.15) is 12.6 Å². The largest absolute Gasteiger partial charge is 0.444 e. The number of rotatable bonds is 4. The number of amides is 1. The van der Waals surface area contributed by atoms with E-state index in [9.17, 15) is 9.59 Å². The molecule has 0 aromatic heterocycles. The number of ether oxygens (including phenoxy) is 2. The van der Waals surface area contributed by atoms with Gasteiger partial charge in [0, 0.05) is 5.41 Å². The maximum Gasteiger partial charge on any atom is 0.413 e. The summed E-state index contributed by atoms with van der Waals surface area (Å²) in [6, 6.07) is 9.05. The number of esters is 1. The van der Waals surface area contributed by atoms with E-state index in [2.05, 4.69) is 0 Å². The molecule has 1 saturated carbocycles. The zero-order valence-electron chi connectivity index (χ0n) is 17.4. The van der Waals surface area contributed by atoms with Crippen LogP contribution in [0.2, 0.25) is 0 Å². The van der Waals surface area contributed by atoms with Crippen LogP contribution in [0.3, 0.4) is 0 Å². The number of cyclic esters (lactones) is 1. The third-order valence-electron chi connectivity index (χ3n) is 5.78. The summed E-state index contributed by atoms with van der Waals surface area (Å²) in [6.07, 6.45) is 6.78. The molecule has 5 nitrogen and oxygen atoms in total. The van der Waals surface area contributed by atoms with E-state index in [-0.39, 0.29) is 18.0 Å². The van der Waals surface area contributed by atoms with Crippen molar-refractivity contribution in [1.29, 1.82) is 0 Å². The molecule has 2 fully saturated rings. The second kappa shape index (κ2) is 8.97. The van der Waals surface area contributed by atoms with Crippen LogP contribution >= 0.6 is 0 Å². The molecule has 1 saturated heterocycles. The molecule has 1 aromatic carbocycles. The predicted octanol–water partition coefficient (Wildman–Crippen LogP) is 5.28. The third kappa shape index (κ3) is 5.06. The molecule has 0 spiro atoms. The molecule has 3 rings (SSSR count). The minimum atomic E-state index is -0.598. The number of benzene rings is 1. The lowest BCUT2D eigenvalue weighted by atomic mass is 9.90. The van der Waals surface area contributed by atoms with Crippen molar-refractivity contribution in [1.82, 2.24) is 4.90 Å². The summed E-state index contributed by atoms with van der Waals surface area (Å²) in [5, 5.41) is 0. The normalized spacial score (nSPS) is 24.0. The number of hydrogen-bond donors (Lipinski definition) is 0. The Bertz CT molecular complexity index is 659. The van der Waals surface area contributed by atoms with Gasteiger partial charge in [-0.15, -0.1) is 0 Å². The number of carbonyl (C=O) groups excluding carboxylic acids is 2. The number of carbonyl (C=O) groups is 2. The Morgan fingerprint density at radius 2 is 1.75 bits per heavy atom. The second-order valence-corrected chi connectivity index (χ2v) is 9.21. The Morgan fingerprint density at radius 3 is 2.36 bits per heavy atom. The van der Waals surface area contributed by atoms with Crippen molar-refractivity contribution in [3.63, 3.8) is 0 Å². The molecular weight excluding hydrogens is 354 g/mol. The van der Waals surface area contributed by atoms with Gasteiger partial charge < -0.3 is 9.47 Å². The molecule has 1 aliphatic heterocycles. The monoisotopic (exact) mass is 387 g/mol. The van der Waals surface area contributed by atoms with Gasteiger partial charge in [0.2, 0.25) is 0 Å². The first kappa shape index (κ1) is 20.7. The van der Waals surface area contributed by atoms with E-state index in [0.717, 1.165) is 18.4 Å². The van der Waals surface area contributed by atoms with Crippen LogP contribution in [-0.4, -0.2) is 29.2 Å². The summed E-state index contributed by atoms with van der Waals surface area (Å²) in [5.41, 5.74) is 0.550. The van der Waals surface area contributed by atoms with Gasteiger partial charge in [0.25, 0.3) is 0 Å². The minimum absolute atomic E-state index is 0.192. The molecule has 2 aliphatic rings. The average molecular weight is 388 g/mol. The third-order valence-corrected chi connectivity index (χ3v) is 5.78. The van der Waals surface area contributed by atoms with Crippen molar-refractivity contribution in [3.8, 4) is 0 Å². The van der Waals surface area contributed by atoms with Crippen molar-refractivity contribution in [2.75, 3.05) is 0 Å². The summed E-state index contributed by atoms with van der Waals surface area (Å²) in [5.74, 6) is 0.170. The van der Waals surface area contributed by atoms with E-state index in [1.165, 1.54) is 25.7 Å². The van der Waals surface area contributed by atoms with Crippen LogP contribution in [-0.2, 0) is 20.9 Å². The first-order chi connectivity index (χ1) is 13.4. The van der Waals surface area contributed by atoms with Gasteiger partial charge in [0.05, 0.1) is 0 Å². The van der Waals surface area contributed by atoms with Crippen molar-refractivity contribution < 1.29 is 19.1 Å². The lowest BCUT2D eigenvalue weighted by Crippen LogP contribution is -2.48. The van der Waals surface area contributed by atoms with Crippen LogP contribution in [0.15, 0.2) is 30.3 Å². The lowest BCUT2D eigenvalue weighted by molar-refractivity contribution is -0.147. The van der Waals surface area contributed by atoms with Crippen molar-refractivity contribution in [3.05, 3.63) is 35.9 Å². The predicted molar refractivity (Wildman–Crippen MR) is 107 cm³/mol. The zero-order chi connectivity index (χ0) is 20.1. The topological polar surface area (TPSA) is 55.8 Å². The van der Waals surface area contributed by atoms with Gasteiger partial charge in [-0.1, -0.05) is 89.6 Å². The summed E-state index contributed by atoms with van der Waals surface area (Å²) in [6.45, 7) is 6.14. The fraction of sp³-hybridized carbons (Fsp3) is 0.652. The highest BCUT2D eigenvalue weighted by Crippen LogP contribution is 2.37. The Kier molecular flexibility index (Phi) is 6.63. The maximum atomic E-state index is 13.0. The summed E-state index contributed by atoms with van der Waals surface area (Å²) in [4.78, 5) is 27.3. The van der Waals surface area contributed by atoms with Gasteiger partial charge >= 0.3 is 12.1 Å². The van der Waals surface area contributed by atoms with Crippen LogP contribution in [0.25, 0.3) is 0 Å². The average Bonchev–Trinajstić information content (AvgIpc) is 2.83. The highest BCUT2D eigenvalue weighted by molar-refractivity contribution is 5.84. The van der Waals surface area contributed by atoms with Crippen molar-refractivity contribution >= 4 is 12.1 Å². The van der Waals surface area contributed by atoms with E-state index < -0.39 is 18.4 Å². The highest BCUT2D eigenvalue weighted by Gasteiger charge is 2.51. The highest BCUT2D eigenvalue weighted by atomic mass is 16.6.